The first kappa shape index (κ1) is 19.9. The van der Waals surface area contributed by atoms with Crippen molar-refractivity contribution in [3.63, 3.8) is 0 Å². The van der Waals surface area contributed by atoms with E-state index in [1.54, 1.807) is 30.6 Å². The average Bonchev–Trinajstić information content (AvgIpc) is 2.72. The summed E-state index contributed by atoms with van der Waals surface area (Å²) in [7, 11) is 0. The number of carbonyl (C=O) groups excluding carboxylic acids is 2. The summed E-state index contributed by atoms with van der Waals surface area (Å²) in [5, 5.41) is 5.84. The summed E-state index contributed by atoms with van der Waals surface area (Å²) < 4.78 is 13.3. The van der Waals surface area contributed by atoms with Crippen molar-refractivity contribution in [2.75, 3.05) is 11.9 Å². The number of hydrogen-bond acceptors (Lipinski definition) is 5. The molecule has 3 aromatic rings. The summed E-state index contributed by atoms with van der Waals surface area (Å²) in [5.41, 5.74) is 7.27. The van der Waals surface area contributed by atoms with Gasteiger partial charge < -0.3 is 16.4 Å². The fourth-order valence-corrected chi connectivity index (χ4v) is 2.71. The maximum Gasteiger partial charge on any atom is 0.267 e. The normalized spacial score (nSPS) is 10.4. The number of nitrogens with one attached hydrogen (secondary N) is 2. The van der Waals surface area contributed by atoms with Crippen LogP contribution in [0.1, 0.15) is 32.0 Å². The van der Waals surface area contributed by atoms with Gasteiger partial charge in [0.1, 0.15) is 17.3 Å². The maximum atomic E-state index is 13.3. The van der Waals surface area contributed by atoms with E-state index in [0.29, 0.717) is 19.5 Å². The minimum Gasteiger partial charge on any atom is -0.369 e. The van der Waals surface area contributed by atoms with Gasteiger partial charge in [0.05, 0.1) is 5.56 Å². The molecule has 0 atom stereocenters. The van der Waals surface area contributed by atoms with Gasteiger partial charge in [-0.05, 0) is 47.9 Å². The molecule has 148 valence electrons. The Hall–Kier alpha value is -3.81. The number of primary amides is 1. The van der Waals surface area contributed by atoms with Crippen LogP contribution in [0.2, 0.25) is 0 Å². The van der Waals surface area contributed by atoms with Crippen molar-refractivity contribution in [2.24, 2.45) is 5.73 Å². The van der Waals surface area contributed by atoms with Crippen LogP contribution >= 0.6 is 0 Å². The van der Waals surface area contributed by atoms with Gasteiger partial charge in [0.2, 0.25) is 0 Å². The van der Waals surface area contributed by atoms with Crippen molar-refractivity contribution in [1.29, 1.82) is 0 Å². The van der Waals surface area contributed by atoms with Gasteiger partial charge in [-0.1, -0.05) is 18.2 Å². The molecule has 29 heavy (non-hydrogen) atoms. The molecule has 0 aliphatic carbocycles. The Morgan fingerprint density at radius 2 is 1.90 bits per heavy atom. The smallest absolute Gasteiger partial charge is 0.267 e. The van der Waals surface area contributed by atoms with Gasteiger partial charge in [-0.3, -0.25) is 14.6 Å². The Balaban J connectivity index is 1.71. The summed E-state index contributed by atoms with van der Waals surface area (Å²) in [4.78, 5) is 32.3. The zero-order chi connectivity index (χ0) is 20.6. The molecular weight excluding hydrogens is 373 g/mol. The van der Waals surface area contributed by atoms with Crippen LogP contribution < -0.4 is 16.4 Å². The average molecular weight is 393 g/mol. The lowest BCUT2D eigenvalue weighted by Crippen LogP contribution is -2.25. The molecule has 4 N–H and O–H groups in total. The molecule has 0 saturated carbocycles. The van der Waals surface area contributed by atoms with Gasteiger partial charge in [-0.15, -0.1) is 0 Å². The second-order valence-corrected chi connectivity index (χ2v) is 6.31. The zero-order valence-electron chi connectivity index (χ0n) is 15.6. The van der Waals surface area contributed by atoms with E-state index in [1.807, 2.05) is 6.07 Å². The highest BCUT2D eigenvalue weighted by molar-refractivity contribution is 6.00. The standard InChI is InChI=1S/C21H20FN5O2/c22-16-5-1-3-14(11-16)8-10-25-20-17(6-7-18(27-20)19(23)28)21(29)26-13-15-4-2-9-24-12-15/h1-7,9,11-12H,8,10,13H2,(H2,23,28)(H,25,27)(H,26,29). The third-order valence-electron chi connectivity index (χ3n) is 4.16. The fraction of sp³-hybridized carbons (Fsp3) is 0.143. The van der Waals surface area contributed by atoms with Crippen molar-refractivity contribution in [2.45, 2.75) is 13.0 Å². The van der Waals surface area contributed by atoms with Crippen molar-refractivity contribution >= 4 is 17.6 Å². The summed E-state index contributed by atoms with van der Waals surface area (Å²) >= 11 is 0. The van der Waals surface area contributed by atoms with E-state index >= 15 is 0 Å². The summed E-state index contributed by atoms with van der Waals surface area (Å²) in [5.74, 6) is -1.13. The van der Waals surface area contributed by atoms with Crippen molar-refractivity contribution in [3.05, 3.63) is 89.1 Å². The van der Waals surface area contributed by atoms with Crippen molar-refractivity contribution < 1.29 is 14.0 Å². The van der Waals surface area contributed by atoms with E-state index in [2.05, 4.69) is 20.6 Å². The number of hydrogen-bond donors (Lipinski definition) is 3. The van der Waals surface area contributed by atoms with Gasteiger partial charge in [-0.25, -0.2) is 9.37 Å². The quantitative estimate of drug-likeness (QED) is 0.544. The lowest BCUT2D eigenvalue weighted by atomic mass is 10.1. The number of benzene rings is 1. The highest BCUT2D eigenvalue weighted by Gasteiger charge is 2.15. The molecular formula is C21H20FN5O2. The Labute approximate surface area is 167 Å². The van der Waals surface area contributed by atoms with E-state index in [9.17, 15) is 14.0 Å². The van der Waals surface area contributed by atoms with Gasteiger partial charge in [-0.2, -0.15) is 0 Å². The van der Waals surface area contributed by atoms with Crippen LogP contribution in [0, 0.1) is 5.82 Å². The number of nitrogens with zero attached hydrogens (tertiary/aromatic N) is 2. The molecule has 0 radical (unpaired) electrons. The van der Waals surface area contributed by atoms with Crippen LogP contribution in [0.15, 0.2) is 60.9 Å². The van der Waals surface area contributed by atoms with Gasteiger partial charge >= 0.3 is 0 Å². The van der Waals surface area contributed by atoms with Gasteiger partial charge in [0.15, 0.2) is 0 Å². The minimum absolute atomic E-state index is 0.0436. The van der Waals surface area contributed by atoms with E-state index in [1.165, 1.54) is 24.3 Å². The third kappa shape index (κ3) is 5.58. The van der Waals surface area contributed by atoms with Crippen LogP contribution in [0.25, 0.3) is 0 Å². The lowest BCUT2D eigenvalue weighted by molar-refractivity contribution is 0.0948. The number of aromatic nitrogens is 2. The predicted molar refractivity (Wildman–Crippen MR) is 107 cm³/mol. The number of anilines is 1. The topological polar surface area (TPSA) is 110 Å². The largest absolute Gasteiger partial charge is 0.369 e. The first-order chi connectivity index (χ1) is 14.0. The van der Waals surface area contributed by atoms with Crippen LogP contribution in [0.3, 0.4) is 0 Å². The van der Waals surface area contributed by atoms with Gasteiger partial charge in [0, 0.05) is 25.5 Å². The number of halogens is 1. The Morgan fingerprint density at radius 3 is 2.62 bits per heavy atom. The van der Waals surface area contributed by atoms with Crippen LogP contribution in [-0.2, 0) is 13.0 Å². The van der Waals surface area contributed by atoms with E-state index in [0.717, 1.165) is 11.1 Å². The lowest BCUT2D eigenvalue weighted by Gasteiger charge is -2.12. The Morgan fingerprint density at radius 1 is 1.07 bits per heavy atom. The van der Waals surface area contributed by atoms with Crippen molar-refractivity contribution in [1.82, 2.24) is 15.3 Å². The number of carbonyl (C=O) groups is 2. The summed E-state index contributed by atoms with van der Waals surface area (Å²) in [6.07, 6.45) is 3.82. The Bertz CT molecular complexity index is 1010. The van der Waals surface area contributed by atoms with E-state index in [-0.39, 0.29) is 28.8 Å². The van der Waals surface area contributed by atoms with Crippen LogP contribution in [-0.4, -0.2) is 28.3 Å². The maximum absolute atomic E-state index is 13.3. The molecule has 0 saturated heterocycles. The fourth-order valence-electron chi connectivity index (χ4n) is 2.71. The second-order valence-electron chi connectivity index (χ2n) is 6.31. The van der Waals surface area contributed by atoms with E-state index in [4.69, 9.17) is 5.73 Å². The number of rotatable bonds is 8. The highest BCUT2D eigenvalue weighted by Crippen LogP contribution is 2.15. The summed E-state index contributed by atoms with van der Waals surface area (Å²) in [6, 6.07) is 12.8. The monoisotopic (exact) mass is 393 g/mol. The molecule has 1 aromatic carbocycles. The first-order valence-electron chi connectivity index (χ1n) is 8.99. The molecule has 2 aromatic heterocycles. The van der Waals surface area contributed by atoms with Crippen LogP contribution in [0.4, 0.5) is 10.2 Å². The third-order valence-corrected chi connectivity index (χ3v) is 4.16. The molecule has 0 unspecified atom stereocenters. The molecule has 0 fully saturated rings. The first-order valence-corrected chi connectivity index (χ1v) is 8.99. The predicted octanol–water partition coefficient (Wildman–Crippen LogP) is 2.30. The van der Waals surface area contributed by atoms with Gasteiger partial charge in [0.25, 0.3) is 11.8 Å². The molecule has 8 heteroatoms. The SMILES string of the molecule is NC(=O)c1ccc(C(=O)NCc2cccnc2)c(NCCc2cccc(F)c2)n1. The minimum atomic E-state index is -0.694. The summed E-state index contributed by atoms with van der Waals surface area (Å²) in [6.45, 7) is 0.689. The van der Waals surface area contributed by atoms with E-state index < -0.39 is 5.91 Å². The molecule has 0 bridgehead atoms. The second kappa shape index (κ2) is 9.41. The van der Waals surface area contributed by atoms with Crippen LogP contribution in [0.5, 0.6) is 0 Å². The zero-order valence-corrected chi connectivity index (χ0v) is 15.6. The highest BCUT2D eigenvalue weighted by atomic mass is 19.1. The number of pyridine rings is 2. The molecule has 0 aliphatic heterocycles. The molecule has 0 spiro atoms. The number of amides is 2. The molecule has 0 aliphatic rings. The van der Waals surface area contributed by atoms with Crippen molar-refractivity contribution in [3.8, 4) is 0 Å². The molecule has 2 heterocycles. The molecule has 3 rings (SSSR count). The molecule has 7 nitrogen and oxygen atoms in total. The molecule has 2 amide bonds. The Kier molecular flexibility index (Phi) is 6.47. The number of nitrogens with two attached hydrogens (primary N) is 1.